The van der Waals surface area contributed by atoms with Crippen molar-refractivity contribution in [3.05, 3.63) is 52.2 Å². The maximum atomic E-state index is 11.0. The molecule has 1 aromatic heterocycles. The average molecular weight is 245 g/mol. The van der Waals surface area contributed by atoms with Crippen molar-refractivity contribution in [2.45, 2.75) is 13.5 Å². The fraction of sp³-hybridized carbons (Fsp3) is 0.214. The summed E-state index contributed by atoms with van der Waals surface area (Å²) < 4.78 is 0. The lowest BCUT2D eigenvalue weighted by Gasteiger charge is -2.23. The molecule has 0 aliphatic rings. The zero-order chi connectivity index (χ0) is 12.1. The van der Waals surface area contributed by atoms with Gasteiger partial charge in [0.05, 0.1) is 6.54 Å². The third-order valence-corrected chi connectivity index (χ3v) is 3.57. The van der Waals surface area contributed by atoms with Gasteiger partial charge in [0.2, 0.25) is 0 Å². The topological polar surface area (TPSA) is 20.3 Å². The molecular weight excluding hydrogens is 230 g/mol. The molecule has 0 N–H and O–H groups in total. The SMILES string of the molecule is CCN(Cc1cccs1)c1ccccc1C=O. The third-order valence-electron chi connectivity index (χ3n) is 2.71. The summed E-state index contributed by atoms with van der Waals surface area (Å²) in [5.74, 6) is 0. The van der Waals surface area contributed by atoms with Crippen LogP contribution in [0.5, 0.6) is 0 Å². The van der Waals surface area contributed by atoms with Crippen LogP contribution >= 0.6 is 11.3 Å². The summed E-state index contributed by atoms with van der Waals surface area (Å²) in [5, 5.41) is 2.08. The van der Waals surface area contributed by atoms with Gasteiger partial charge in [0.25, 0.3) is 0 Å². The van der Waals surface area contributed by atoms with Crippen molar-refractivity contribution in [1.82, 2.24) is 0 Å². The molecule has 2 aromatic rings. The number of thiophene rings is 1. The molecule has 88 valence electrons. The Morgan fingerprint density at radius 1 is 1.24 bits per heavy atom. The van der Waals surface area contributed by atoms with Crippen molar-refractivity contribution in [2.75, 3.05) is 11.4 Å². The molecule has 2 nitrogen and oxygen atoms in total. The van der Waals surface area contributed by atoms with E-state index in [-0.39, 0.29) is 0 Å². The van der Waals surface area contributed by atoms with E-state index in [4.69, 9.17) is 0 Å². The monoisotopic (exact) mass is 245 g/mol. The first kappa shape index (κ1) is 11.9. The Morgan fingerprint density at radius 3 is 2.71 bits per heavy atom. The first-order valence-electron chi connectivity index (χ1n) is 5.66. The normalized spacial score (nSPS) is 10.2. The molecule has 3 heteroatoms. The summed E-state index contributed by atoms with van der Waals surface area (Å²) in [6, 6.07) is 11.9. The van der Waals surface area contributed by atoms with E-state index < -0.39 is 0 Å². The highest BCUT2D eigenvalue weighted by molar-refractivity contribution is 7.09. The lowest BCUT2D eigenvalue weighted by atomic mass is 10.1. The van der Waals surface area contributed by atoms with Crippen LogP contribution in [0.25, 0.3) is 0 Å². The number of aldehydes is 1. The van der Waals surface area contributed by atoms with Gasteiger partial charge in [0, 0.05) is 22.7 Å². The fourth-order valence-electron chi connectivity index (χ4n) is 1.83. The van der Waals surface area contributed by atoms with Crippen LogP contribution in [0.2, 0.25) is 0 Å². The first-order valence-corrected chi connectivity index (χ1v) is 6.54. The number of nitrogens with zero attached hydrogens (tertiary/aromatic N) is 1. The fourth-order valence-corrected chi connectivity index (χ4v) is 2.55. The van der Waals surface area contributed by atoms with Crippen LogP contribution in [-0.4, -0.2) is 12.8 Å². The van der Waals surface area contributed by atoms with E-state index in [2.05, 4.69) is 29.3 Å². The molecule has 0 spiro atoms. The number of para-hydroxylation sites is 1. The Kier molecular flexibility index (Phi) is 3.94. The summed E-state index contributed by atoms with van der Waals surface area (Å²) in [4.78, 5) is 14.6. The Bertz CT molecular complexity index is 479. The van der Waals surface area contributed by atoms with Gasteiger partial charge in [-0.1, -0.05) is 18.2 Å². The van der Waals surface area contributed by atoms with Crippen molar-refractivity contribution in [1.29, 1.82) is 0 Å². The molecule has 2 rings (SSSR count). The minimum Gasteiger partial charge on any atom is -0.366 e. The highest BCUT2D eigenvalue weighted by Crippen LogP contribution is 2.22. The van der Waals surface area contributed by atoms with Crippen molar-refractivity contribution in [3.8, 4) is 0 Å². The van der Waals surface area contributed by atoms with Crippen LogP contribution < -0.4 is 4.90 Å². The van der Waals surface area contributed by atoms with Gasteiger partial charge in [0.1, 0.15) is 0 Å². The van der Waals surface area contributed by atoms with Crippen LogP contribution in [0.4, 0.5) is 5.69 Å². The molecule has 0 saturated heterocycles. The number of carbonyl (C=O) groups excluding carboxylic acids is 1. The lowest BCUT2D eigenvalue weighted by Crippen LogP contribution is -2.22. The lowest BCUT2D eigenvalue weighted by molar-refractivity contribution is 0.112. The molecule has 0 atom stereocenters. The molecule has 1 aromatic carbocycles. The van der Waals surface area contributed by atoms with Gasteiger partial charge in [-0.3, -0.25) is 4.79 Å². The average Bonchev–Trinajstić information content (AvgIpc) is 2.89. The number of benzene rings is 1. The van der Waals surface area contributed by atoms with Crippen LogP contribution in [-0.2, 0) is 6.54 Å². The predicted molar refractivity (Wildman–Crippen MR) is 72.9 cm³/mol. The standard InChI is InChI=1S/C14H15NOS/c1-2-15(10-13-7-5-9-17-13)14-8-4-3-6-12(14)11-16/h3-9,11H,2,10H2,1H3. The predicted octanol–water partition coefficient (Wildman–Crippen LogP) is 3.59. The van der Waals surface area contributed by atoms with E-state index in [1.807, 2.05) is 24.3 Å². The molecule has 0 unspecified atom stereocenters. The molecule has 0 aliphatic heterocycles. The second-order valence-electron chi connectivity index (χ2n) is 3.77. The van der Waals surface area contributed by atoms with E-state index in [0.29, 0.717) is 0 Å². The van der Waals surface area contributed by atoms with Crippen LogP contribution in [0, 0.1) is 0 Å². The first-order chi connectivity index (χ1) is 8.35. The summed E-state index contributed by atoms with van der Waals surface area (Å²) in [5.41, 5.74) is 1.77. The number of anilines is 1. The second kappa shape index (κ2) is 5.64. The largest absolute Gasteiger partial charge is 0.366 e. The van der Waals surface area contributed by atoms with Crippen molar-refractivity contribution >= 4 is 23.3 Å². The van der Waals surface area contributed by atoms with Crippen LogP contribution in [0.3, 0.4) is 0 Å². The van der Waals surface area contributed by atoms with Crippen LogP contribution in [0.1, 0.15) is 22.2 Å². The Labute approximate surface area is 106 Å². The highest BCUT2D eigenvalue weighted by Gasteiger charge is 2.09. The molecule has 1 heterocycles. The van der Waals surface area contributed by atoms with Gasteiger partial charge in [-0.05, 0) is 30.5 Å². The van der Waals surface area contributed by atoms with E-state index in [0.717, 1.165) is 30.6 Å². The minimum atomic E-state index is 0.755. The molecular formula is C14H15NOS. The van der Waals surface area contributed by atoms with Crippen molar-refractivity contribution in [2.24, 2.45) is 0 Å². The summed E-state index contributed by atoms with van der Waals surface area (Å²) >= 11 is 1.74. The molecule has 0 aliphatic carbocycles. The van der Waals surface area contributed by atoms with E-state index in [9.17, 15) is 4.79 Å². The quantitative estimate of drug-likeness (QED) is 0.750. The number of carbonyl (C=O) groups is 1. The molecule has 17 heavy (non-hydrogen) atoms. The molecule has 0 saturated carbocycles. The smallest absolute Gasteiger partial charge is 0.152 e. The Balaban J connectivity index is 2.25. The number of hydrogen-bond donors (Lipinski definition) is 0. The summed E-state index contributed by atoms with van der Waals surface area (Å²) in [7, 11) is 0. The van der Waals surface area contributed by atoms with Gasteiger partial charge >= 0.3 is 0 Å². The number of rotatable bonds is 5. The highest BCUT2D eigenvalue weighted by atomic mass is 32.1. The molecule has 0 bridgehead atoms. The second-order valence-corrected chi connectivity index (χ2v) is 4.80. The Hall–Kier alpha value is -1.61. The molecule has 0 amide bonds. The summed E-state index contributed by atoms with van der Waals surface area (Å²) in [6.07, 6.45) is 0.923. The van der Waals surface area contributed by atoms with Gasteiger partial charge < -0.3 is 4.90 Å². The van der Waals surface area contributed by atoms with E-state index in [1.54, 1.807) is 11.3 Å². The zero-order valence-corrected chi connectivity index (χ0v) is 10.6. The maximum Gasteiger partial charge on any atom is 0.152 e. The van der Waals surface area contributed by atoms with Gasteiger partial charge in [-0.15, -0.1) is 11.3 Å². The Morgan fingerprint density at radius 2 is 2.06 bits per heavy atom. The van der Waals surface area contributed by atoms with Gasteiger partial charge in [0.15, 0.2) is 6.29 Å². The van der Waals surface area contributed by atoms with E-state index in [1.165, 1.54) is 4.88 Å². The number of hydrogen-bond acceptors (Lipinski definition) is 3. The van der Waals surface area contributed by atoms with Gasteiger partial charge in [-0.25, -0.2) is 0 Å². The summed E-state index contributed by atoms with van der Waals surface area (Å²) in [6.45, 7) is 3.86. The molecule has 0 fully saturated rings. The maximum absolute atomic E-state index is 11.0. The van der Waals surface area contributed by atoms with E-state index >= 15 is 0 Å². The van der Waals surface area contributed by atoms with Crippen molar-refractivity contribution in [3.63, 3.8) is 0 Å². The molecule has 0 radical (unpaired) electrons. The third kappa shape index (κ3) is 2.74. The van der Waals surface area contributed by atoms with Crippen molar-refractivity contribution < 1.29 is 4.79 Å². The minimum absolute atomic E-state index is 0.755. The van der Waals surface area contributed by atoms with Crippen LogP contribution in [0.15, 0.2) is 41.8 Å². The zero-order valence-electron chi connectivity index (χ0n) is 9.80. The van der Waals surface area contributed by atoms with Gasteiger partial charge in [-0.2, -0.15) is 0 Å².